The van der Waals surface area contributed by atoms with Crippen molar-refractivity contribution >= 4 is 17.7 Å². The molecule has 1 heterocycles. The highest BCUT2D eigenvalue weighted by Crippen LogP contribution is 2.32. The lowest BCUT2D eigenvalue weighted by atomic mass is 10.2. The van der Waals surface area contributed by atoms with E-state index in [0.29, 0.717) is 16.8 Å². The number of thioether (sulfide) groups is 1. The zero-order valence-electron chi connectivity index (χ0n) is 12.7. The molecular weight excluding hydrogens is 298 g/mol. The SMILES string of the molecule is Cc1ccc(-n2nnnc2SCC(=O)N[C@H](C)C2CC2)cc1. The van der Waals surface area contributed by atoms with Gasteiger partial charge in [-0.1, -0.05) is 29.5 Å². The van der Waals surface area contributed by atoms with Gasteiger partial charge in [-0.25, -0.2) is 0 Å². The highest BCUT2D eigenvalue weighted by atomic mass is 32.2. The van der Waals surface area contributed by atoms with Gasteiger partial charge >= 0.3 is 0 Å². The predicted octanol–water partition coefficient (Wildman–Crippen LogP) is 1.98. The number of carbonyl (C=O) groups excluding carboxylic acids is 1. The first-order chi connectivity index (χ1) is 10.6. The van der Waals surface area contributed by atoms with Gasteiger partial charge in [0.05, 0.1) is 11.4 Å². The van der Waals surface area contributed by atoms with Crippen molar-refractivity contribution in [1.29, 1.82) is 0 Å². The summed E-state index contributed by atoms with van der Waals surface area (Å²) in [5, 5.41) is 15.4. The Morgan fingerprint density at radius 1 is 1.41 bits per heavy atom. The number of hydrogen-bond acceptors (Lipinski definition) is 5. The molecule has 22 heavy (non-hydrogen) atoms. The summed E-state index contributed by atoms with van der Waals surface area (Å²) >= 11 is 1.35. The molecule has 1 aliphatic rings. The van der Waals surface area contributed by atoms with E-state index >= 15 is 0 Å². The largest absolute Gasteiger partial charge is 0.353 e. The molecule has 1 amide bonds. The van der Waals surface area contributed by atoms with Crippen LogP contribution in [-0.2, 0) is 4.79 Å². The van der Waals surface area contributed by atoms with Crippen LogP contribution in [0.5, 0.6) is 0 Å². The summed E-state index contributed by atoms with van der Waals surface area (Å²) in [6, 6.07) is 8.21. The van der Waals surface area contributed by atoms with Crippen molar-refractivity contribution in [3.05, 3.63) is 29.8 Å². The van der Waals surface area contributed by atoms with Crippen molar-refractivity contribution in [2.75, 3.05) is 5.75 Å². The van der Waals surface area contributed by atoms with Crippen LogP contribution in [0.15, 0.2) is 29.4 Å². The fraction of sp³-hybridized carbons (Fsp3) is 0.467. The second-order valence-corrected chi connectivity index (χ2v) is 6.63. The molecule has 1 N–H and O–H groups in total. The molecule has 2 aromatic rings. The number of nitrogens with zero attached hydrogens (tertiary/aromatic N) is 4. The summed E-state index contributed by atoms with van der Waals surface area (Å²) < 4.78 is 1.65. The molecule has 0 spiro atoms. The van der Waals surface area contributed by atoms with Crippen LogP contribution in [0.1, 0.15) is 25.3 Å². The quantitative estimate of drug-likeness (QED) is 0.825. The van der Waals surface area contributed by atoms with Crippen molar-refractivity contribution in [1.82, 2.24) is 25.5 Å². The third-order valence-electron chi connectivity index (χ3n) is 3.77. The van der Waals surface area contributed by atoms with Gasteiger partial charge in [0.1, 0.15) is 0 Å². The highest BCUT2D eigenvalue weighted by molar-refractivity contribution is 7.99. The number of nitrogens with one attached hydrogen (secondary N) is 1. The Bertz CT molecular complexity index is 650. The minimum Gasteiger partial charge on any atom is -0.353 e. The number of hydrogen-bond donors (Lipinski definition) is 1. The van der Waals surface area contributed by atoms with Crippen molar-refractivity contribution in [2.45, 2.75) is 37.9 Å². The van der Waals surface area contributed by atoms with Crippen LogP contribution in [0.4, 0.5) is 0 Å². The molecule has 116 valence electrons. The second kappa shape index (κ2) is 6.48. The average molecular weight is 317 g/mol. The topological polar surface area (TPSA) is 72.7 Å². The number of aryl methyl sites for hydroxylation is 1. The summed E-state index contributed by atoms with van der Waals surface area (Å²) in [6.07, 6.45) is 2.44. The Hall–Kier alpha value is -1.89. The van der Waals surface area contributed by atoms with E-state index in [9.17, 15) is 4.79 Å². The Labute approximate surface area is 133 Å². The number of rotatable bonds is 6. The van der Waals surface area contributed by atoms with E-state index in [4.69, 9.17) is 0 Å². The van der Waals surface area contributed by atoms with Gasteiger partial charge < -0.3 is 5.32 Å². The monoisotopic (exact) mass is 317 g/mol. The molecule has 0 saturated heterocycles. The fourth-order valence-electron chi connectivity index (χ4n) is 2.26. The minimum absolute atomic E-state index is 0.0304. The first kappa shape index (κ1) is 15.0. The lowest BCUT2D eigenvalue weighted by molar-refractivity contribution is -0.119. The Kier molecular flexibility index (Phi) is 4.42. The molecule has 1 saturated carbocycles. The molecule has 1 fully saturated rings. The van der Waals surface area contributed by atoms with Gasteiger partial charge in [-0.2, -0.15) is 4.68 Å². The molecule has 0 unspecified atom stereocenters. The van der Waals surface area contributed by atoms with E-state index in [2.05, 4.69) is 27.8 Å². The van der Waals surface area contributed by atoms with Gasteiger partial charge in [0.15, 0.2) is 0 Å². The molecule has 1 aliphatic carbocycles. The summed E-state index contributed by atoms with van der Waals surface area (Å²) in [6.45, 7) is 4.10. The van der Waals surface area contributed by atoms with Gasteiger partial charge in [0.2, 0.25) is 11.1 Å². The molecular formula is C15H19N5OS. The van der Waals surface area contributed by atoms with Crippen molar-refractivity contribution in [3.63, 3.8) is 0 Å². The van der Waals surface area contributed by atoms with Gasteiger partial charge in [-0.15, -0.1) is 5.10 Å². The molecule has 1 aromatic heterocycles. The number of benzene rings is 1. The minimum atomic E-state index is 0.0304. The van der Waals surface area contributed by atoms with Crippen LogP contribution >= 0.6 is 11.8 Å². The molecule has 0 bridgehead atoms. The van der Waals surface area contributed by atoms with Crippen LogP contribution < -0.4 is 5.32 Å². The fourth-order valence-corrected chi connectivity index (χ4v) is 2.96. The molecule has 7 heteroatoms. The Morgan fingerprint density at radius 3 is 2.82 bits per heavy atom. The van der Waals surface area contributed by atoms with Crippen LogP contribution in [0, 0.1) is 12.8 Å². The van der Waals surface area contributed by atoms with E-state index < -0.39 is 0 Å². The maximum absolute atomic E-state index is 12.0. The molecule has 1 aromatic carbocycles. The van der Waals surface area contributed by atoms with Crippen molar-refractivity contribution < 1.29 is 4.79 Å². The zero-order valence-corrected chi connectivity index (χ0v) is 13.5. The van der Waals surface area contributed by atoms with E-state index in [1.807, 2.05) is 31.2 Å². The summed E-state index contributed by atoms with van der Waals surface area (Å²) in [5.41, 5.74) is 2.07. The predicted molar refractivity (Wildman–Crippen MR) is 84.9 cm³/mol. The smallest absolute Gasteiger partial charge is 0.230 e. The average Bonchev–Trinajstić information content (AvgIpc) is 3.25. The van der Waals surface area contributed by atoms with E-state index in [0.717, 1.165) is 5.69 Å². The Morgan fingerprint density at radius 2 is 2.14 bits per heavy atom. The maximum Gasteiger partial charge on any atom is 0.230 e. The lowest BCUT2D eigenvalue weighted by Crippen LogP contribution is -2.35. The third-order valence-corrected chi connectivity index (χ3v) is 4.69. The molecule has 6 nitrogen and oxygen atoms in total. The van der Waals surface area contributed by atoms with Crippen LogP contribution in [0.3, 0.4) is 0 Å². The van der Waals surface area contributed by atoms with Crippen LogP contribution in [0.2, 0.25) is 0 Å². The number of aromatic nitrogens is 4. The molecule has 0 radical (unpaired) electrons. The number of amides is 1. The van der Waals surface area contributed by atoms with Crippen LogP contribution in [-0.4, -0.2) is 37.9 Å². The van der Waals surface area contributed by atoms with E-state index in [1.165, 1.54) is 30.2 Å². The van der Waals surface area contributed by atoms with Crippen LogP contribution in [0.25, 0.3) is 5.69 Å². The highest BCUT2D eigenvalue weighted by Gasteiger charge is 2.28. The molecule has 1 atom stereocenters. The van der Waals surface area contributed by atoms with Gasteiger partial charge in [0.25, 0.3) is 0 Å². The standard InChI is InChI=1S/C15H19N5OS/c1-10-3-7-13(8-4-10)20-15(17-18-19-20)22-9-14(21)16-11(2)12-5-6-12/h3-4,7-8,11-12H,5-6,9H2,1-2H3,(H,16,21)/t11-/m1/s1. The number of tetrazole rings is 1. The summed E-state index contributed by atoms with van der Waals surface area (Å²) in [7, 11) is 0. The summed E-state index contributed by atoms with van der Waals surface area (Å²) in [4.78, 5) is 12.0. The normalized spacial score (nSPS) is 15.5. The zero-order chi connectivity index (χ0) is 15.5. The van der Waals surface area contributed by atoms with Gasteiger partial charge in [-0.05, 0) is 55.2 Å². The number of carbonyl (C=O) groups is 1. The summed E-state index contributed by atoms with van der Waals surface area (Å²) in [5.74, 6) is 1.01. The molecule has 0 aliphatic heterocycles. The Balaban J connectivity index is 1.60. The first-order valence-electron chi connectivity index (χ1n) is 7.41. The molecule has 3 rings (SSSR count). The van der Waals surface area contributed by atoms with E-state index in [-0.39, 0.29) is 11.9 Å². The first-order valence-corrected chi connectivity index (χ1v) is 8.39. The maximum atomic E-state index is 12.0. The third kappa shape index (κ3) is 3.65. The van der Waals surface area contributed by atoms with E-state index in [1.54, 1.807) is 4.68 Å². The van der Waals surface area contributed by atoms with Crippen molar-refractivity contribution in [3.8, 4) is 5.69 Å². The van der Waals surface area contributed by atoms with Crippen molar-refractivity contribution in [2.24, 2.45) is 5.92 Å². The van der Waals surface area contributed by atoms with Gasteiger partial charge in [0, 0.05) is 6.04 Å². The lowest BCUT2D eigenvalue weighted by Gasteiger charge is -2.12. The second-order valence-electron chi connectivity index (χ2n) is 5.69. The van der Waals surface area contributed by atoms with Gasteiger partial charge in [-0.3, -0.25) is 4.79 Å².